The molecule has 1 aromatic rings. The summed E-state index contributed by atoms with van der Waals surface area (Å²) in [6.45, 7) is 7.60. The van der Waals surface area contributed by atoms with Crippen molar-refractivity contribution in [3.05, 3.63) is 11.8 Å². The third-order valence-corrected chi connectivity index (χ3v) is 5.30. The number of H-pyrrole nitrogens is 1. The van der Waals surface area contributed by atoms with Crippen LogP contribution in [0.3, 0.4) is 0 Å². The van der Waals surface area contributed by atoms with Gasteiger partial charge < -0.3 is 4.74 Å². The Labute approximate surface area is 125 Å². The number of nitrogens with zero attached hydrogens (tertiary/aromatic N) is 1. The molecule has 0 bridgehead atoms. The van der Waals surface area contributed by atoms with Crippen LogP contribution in [0.5, 0.6) is 0 Å². The fraction of sp³-hybridized carbons (Fsp3) is 0.692. The lowest BCUT2D eigenvalue weighted by atomic mass is 9.91. The van der Waals surface area contributed by atoms with Crippen molar-refractivity contribution in [3.8, 4) is 0 Å². The Morgan fingerprint density at radius 1 is 1.29 bits per heavy atom. The first-order valence-electron chi connectivity index (χ1n) is 7.10. The van der Waals surface area contributed by atoms with Gasteiger partial charge in [-0.1, -0.05) is 20.8 Å². The van der Waals surface area contributed by atoms with Gasteiger partial charge in [-0.05, 0) is 26.2 Å². The molecule has 1 rings (SSSR count). The van der Waals surface area contributed by atoms with Crippen LogP contribution in [0.25, 0.3) is 0 Å². The molecular formula is C13H23N3O4S. The summed E-state index contributed by atoms with van der Waals surface area (Å²) in [7, 11) is -3.87. The fourth-order valence-corrected chi connectivity index (χ4v) is 3.84. The highest BCUT2D eigenvalue weighted by Gasteiger charge is 2.34. The molecule has 1 aromatic heterocycles. The van der Waals surface area contributed by atoms with Crippen LogP contribution in [0.1, 0.15) is 57.3 Å². The summed E-state index contributed by atoms with van der Waals surface area (Å²) in [5, 5.41) is 5.78. The zero-order valence-electron chi connectivity index (χ0n) is 12.9. The molecule has 21 heavy (non-hydrogen) atoms. The van der Waals surface area contributed by atoms with Gasteiger partial charge in [-0.25, -0.2) is 17.9 Å². The highest BCUT2D eigenvalue weighted by molar-refractivity contribution is 7.89. The average molecular weight is 317 g/mol. The number of hydrogen-bond donors (Lipinski definition) is 2. The number of sulfonamides is 1. The van der Waals surface area contributed by atoms with Gasteiger partial charge in [0.1, 0.15) is 5.56 Å². The average Bonchev–Trinajstić information content (AvgIpc) is 2.95. The third kappa shape index (κ3) is 3.82. The van der Waals surface area contributed by atoms with Crippen LogP contribution in [-0.4, -0.2) is 36.7 Å². The highest BCUT2D eigenvalue weighted by atomic mass is 32.2. The highest BCUT2D eigenvalue weighted by Crippen LogP contribution is 2.23. The van der Waals surface area contributed by atoms with E-state index in [1.165, 1.54) is 0 Å². The molecule has 0 saturated heterocycles. The number of carbonyl (C=O) groups is 1. The van der Waals surface area contributed by atoms with E-state index in [1.807, 2.05) is 20.8 Å². The van der Waals surface area contributed by atoms with Crippen LogP contribution in [0.2, 0.25) is 0 Å². The maximum atomic E-state index is 12.5. The van der Waals surface area contributed by atoms with Gasteiger partial charge in [-0.3, -0.25) is 5.10 Å². The Bertz CT molecular complexity index is 568. The number of rotatable bonds is 8. The second-order valence-corrected chi connectivity index (χ2v) is 6.40. The Hall–Kier alpha value is -1.41. The molecule has 0 unspecified atom stereocenters. The first-order valence-corrected chi connectivity index (χ1v) is 8.58. The van der Waals surface area contributed by atoms with Crippen molar-refractivity contribution in [2.75, 3.05) is 6.61 Å². The largest absolute Gasteiger partial charge is 0.462 e. The van der Waals surface area contributed by atoms with Crippen molar-refractivity contribution in [1.29, 1.82) is 0 Å². The van der Waals surface area contributed by atoms with E-state index in [-0.39, 0.29) is 17.2 Å². The van der Waals surface area contributed by atoms with Gasteiger partial charge in [0.15, 0.2) is 5.03 Å². The van der Waals surface area contributed by atoms with Gasteiger partial charge in [0, 0.05) is 5.54 Å². The summed E-state index contributed by atoms with van der Waals surface area (Å²) >= 11 is 0. The molecule has 7 nitrogen and oxygen atoms in total. The van der Waals surface area contributed by atoms with Crippen LogP contribution >= 0.6 is 0 Å². The number of esters is 1. The van der Waals surface area contributed by atoms with E-state index in [0.717, 1.165) is 6.20 Å². The molecule has 1 heterocycles. The lowest BCUT2D eigenvalue weighted by Crippen LogP contribution is -2.47. The summed E-state index contributed by atoms with van der Waals surface area (Å²) in [5.41, 5.74) is -0.614. The predicted molar refractivity (Wildman–Crippen MR) is 78.5 cm³/mol. The molecule has 0 aliphatic heterocycles. The number of nitrogens with one attached hydrogen (secondary N) is 2. The lowest BCUT2D eigenvalue weighted by molar-refractivity contribution is 0.0521. The predicted octanol–water partition coefficient (Wildman–Crippen LogP) is 1.83. The second-order valence-electron chi connectivity index (χ2n) is 4.78. The molecule has 0 aliphatic carbocycles. The van der Waals surface area contributed by atoms with E-state index in [1.54, 1.807) is 6.92 Å². The van der Waals surface area contributed by atoms with Gasteiger partial charge in [0.05, 0.1) is 12.8 Å². The second kappa shape index (κ2) is 7.04. The normalized spacial score (nSPS) is 12.4. The number of ether oxygens (including phenoxy) is 1. The van der Waals surface area contributed by atoms with Crippen LogP contribution < -0.4 is 4.72 Å². The van der Waals surface area contributed by atoms with Crippen molar-refractivity contribution >= 4 is 16.0 Å². The van der Waals surface area contributed by atoms with Gasteiger partial charge in [-0.2, -0.15) is 5.10 Å². The van der Waals surface area contributed by atoms with Crippen molar-refractivity contribution in [2.45, 2.75) is 57.5 Å². The molecule has 0 saturated carbocycles. The van der Waals surface area contributed by atoms with E-state index in [4.69, 9.17) is 4.74 Å². The Balaban J connectivity index is 3.15. The van der Waals surface area contributed by atoms with Gasteiger partial charge >= 0.3 is 5.97 Å². The van der Waals surface area contributed by atoms with E-state index in [0.29, 0.717) is 19.3 Å². The first kappa shape index (κ1) is 17.6. The standard InChI is InChI=1S/C13H23N3O4S/c1-5-13(6-2,7-3)16-21(18,19)11-10(9-14-15-11)12(17)20-8-4/h9,16H,5-8H2,1-4H3,(H,14,15). The molecule has 0 spiro atoms. The Kier molecular flexibility index (Phi) is 5.91. The minimum Gasteiger partial charge on any atom is -0.462 e. The zero-order valence-corrected chi connectivity index (χ0v) is 13.7. The molecule has 0 aromatic carbocycles. The monoisotopic (exact) mass is 317 g/mol. The summed E-state index contributed by atoms with van der Waals surface area (Å²) in [4.78, 5) is 11.8. The van der Waals surface area contributed by atoms with E-state index in [2.05, 4.69) is 14.9 Å². The molecule has 0 amide bonds. The molecule has 0 atom stereocenters. The smallest absolute Gasteiger partial charge is 0.342 e. The SMILES string of the molecule is CCOC(=O)c1cn[nH]c1S(=O)(=O)NC(CC)(CC)CC. The minimum atomic E-state index is -3.87. The van der Waals surface area contributed by atoms with Crippen LogP contribution in [-0.2, 0) is 14.8 Å². The van der Waals surface area contributed by atoms with Crippen LogP contribution in [0.15, 0.2) is 11.2 Å². The topological polar surface area (TPSA) is 101 Å². The molecule has 0 fully saturated rings. The van der Waals surface area contributed by atoms with Crippen LogP contribution in [0, 0.1) is 0 Å². The van der Waals surface area contributed by atoms with Gasteiger partial charge in [0.2, 0.25) is 0 Å². The third-order valence-electron chi connectivity index (χ3n) is 3.75. The van der Waals surface area contributed by atoms with Crippen molar-refractivity contribution in [2.24, 2.45) is 0 Å². The van der Waals surface area contributed by atoms with Crippen LogP contribution in [0.4, 0.5) is 0 Å². The number of hydrogen-bond acceptors (Lipinski definition) is 5. The summed E-state index contributed by atoms with van der Waals surface area (Å²) < 4.78 is 32.6. The summed E-state index contributed by atoms with van der Waals surface area (Å²) in [6.07, 6.45) is 3.13. The first-order chi connectivity index (χ1) is 9.85. The van der Waals surface area contributed by atoms with Crippen molar-refractivity contribution in [3.63, 3.8) is 0 Å². The summed E-state index contributed by atoms with van der Waals surface area (Å²) in [6, 6.07) is 0. The van der Waals surface area contributed by atoms with E-state index in [9.17, 15) is 13.2 Å². The van der Waals surface area contributed by atoms with Gasteiger partial charge in [-0.15, -0.1) is 0 Å². The maximum absolute atomic E-state index is 12.5. The molecule has 2 N–H and O–H groups in total. The molecule has 8 heteroatoms. The van der Waals surface area contributed by atoms with E-state index < -0.39 is 21.5 Å². The fourth-order valence-electron chi connectivity index (χ4n) is 2.14. The summed E-state index contributed by atoms with van der Waals surface area (Å²) in [5.74, 6) is -0.707. The number of aromatic amines is 1. The van der Waals surface area contributed by atoms with E-state index >= 15 is 0 Å². The molecular weight excluding hydrogens is 294 g/mol. The maximum Gasteiger partial charge on any atom is 0.342 e. The molecule has 120 valence electrons. The lowest BCUT2D eigenvalue weighted by Gasteiger charge is -2.31. The van der Waals surface area contributed by atoms with Gasteiger partial charge in [0.25, 0.3) is 10.0 Å². The zero-order chi connectivity index (χ0) is 16.1. The Morgan fingerprint density at radius 3 is 2.33 bits per heavy atom. The quantitative estimate of drug-likeness (QED) is 0.712. The Morgan fingerprint density at radius 2 is 1.86 bits per heavy atom. The van der Waals surface area contributed by atoms with Crippen molar-refractivity contribution < 1.29 is 17.9 Å². The van der Waals surface area contributed by atoms with Crippen molar-refractivity contribution in [1.82, 2.24) is 14.9 Å². The molecule has 0 radical (unpaired) electrons. The number of aromatic nitrogens is 2. The number of carbonyl (C=O) groups excluding carboxylic acids is 1. The minimum absolute atomic E-state index is 0.0819. The molecule has 0 aliphatic rings.